The highest BCUT2D eigenvalue weighted by molar-refractivity contribution is 5.79. The third-order valence-electron chi connectivity index (χ3n) is 2.78. The van der Waals surface area contributed by atoms with Crippen molar-refractivity contribution >= 4 is 5.97 Å². The van der Waals surface area contributed by atoms with E-state index >= 15 is 0 Å². The molecule has 98 valence electrons. The quantitative estimate of drug-likeness (QED) is 0.758. The fourth-order valence-corrected chi connectivity index (χ4v) is 1.78. The van der Waals surface area contributed by atoms with E-state index in [-0.39, 0.29) is 6.04 Å². The SMILES string of the molecule is CCc1ccc(OC)c(C(/C=C/C(=O)O)NC)c1. The molecule has 0 radical (unpaired) electrons. The normalized spacial score (nSPS) is 12.6. The van der Waals surface area contributed by atoms with Crippen molar-refractivity contribution in [2.45, 2.75) is 19.4 Å². The number of carbonyl (C=O) groups is 1. The number of carboxylic acids is 1. The van der Waals surface area contributed by atoms with Gasteiger partial charge < -0.3 is 15.2 Å². The van der Waals surface area contributed by atoms with Crippen molar-refractivity contribution in [3.05, 3.63) is 41.5 Å². The molecule has 0 heterocycles. The van der Waals surface area contributed by atoms with Gasteiger partial charge in [0.05, 0.1) is 13.2 Å². The summed E-state index contributed by atoms with van der Waals surface area (Å²) in [5.41, 5.74) is 2.13. The average molecular weight is 249 g/mol. The van der Waals surface area contributed by atoms with Crippen LogP contribution in [0.1, 0.15) is 24.1 Å². The Morgan fingerprint density at radius 3 is 2.78 bits per heavy atom. The van der Waals surface area contributed by atoms with Crippen LogP contribution in [0.2, 0.25) is 0 Å². The number of benzene rings is 1. The van der Waals surface area contributed by atoms with Crippen molar-refractivity contribution in [1.82, 2.24) is 5.32 Å². The second-order valence-corrected chi connectivity index (χ2v) is 3.89. The van der Waals surface area contributed by atoms with E-state index in [1.54, 1.807) is 20.2 Å². The standard InChI is InChI=1S/C14H19NO3/c1-4-10-5-7-13(18-3)11(9-10)12(15-2)6-8-14(16)17/h5-9,12,15H,4H2,1-3H3,(H,16,17)/b8-6+. The number of carboxylic acid groups (broad SMARTS) is 1. The highest BCUT2D eigenvalue weighted by atomic mass is 16.5. The van der Waals surface area contributed by atoms with Crippen molar-refractivity contribution in [1.29, 1.82) is 0 Å². The molecule has 1 unspecified atom stereocenters. The molecule has 0 aliphatic heterocycles. The van der Waals surface area contributed by atoms with Gasteiger partial charge in [-0.25, -0.2) is 4.79 Å². The average Bonchev–Trinajstić information content (AvgIpc) is 2.38. The van der Waals surface area contributed by atoms with E-state index in [9.17, 15) is 4.79 Å². The first-order valence-corrected chi connectivity index (χ1v) is 5.87. The highest BCUT2D eigenvalue weighted by Crippen LogP contribution is 2.27. The maximum atomic E-state index is 10.6. The molecule has 0 amide bonds. The molecule has 1 aromatic carbocycles. The summed E-state index contributed by atoms with van der Waals surface area (Å²) in [5.74, 6) is -0.206. The smallest absolute Gasteiger partial charge is 0.328 e. The Kier molecular flexibility index (Phi) is 5.39. The summed E-state index contributed by atoms with van der Waals surface area (Å²) >= 11 is 0. The van der Waals surface area contributed by atoms with Gasteiger partial charge in [0.2, 0.25) is 0 Å². The maximum Gasteiger partial charge on any atom is 0.328 e. The Hall–Kier alpha value is -1.81. The first-order valence-electron chi connectivity index (χ1n) is 5.87. The lowest BCUT2D eigenvalue weighted by Crippen LogP contribution is -2.15. The fourth-order valence-electron chi connectivity index (χ4n) is 1.78. The summed E-state index contributed by atoms with van der Waals surface area (Å²) in [6, 6.07) is 5.78. The fraction of sp³-hybridized carbons (Fsp3) is 0.357. The van der Waals surface area contributed by atoms with Gasteiger partial charge in [0.15, 0.2) is 0 Å². The predicted octanol–water partition coefficient (Wildman–Crippen LogP) is 2.16. The summed E-state index contributed by atoms with van der Waals surface area (Å²) in [4.78, 5) is 10.6. The summed E-state index contributed by atoms with van der Waals surface area (Å²) in [6.45, 7) is 2.08. The zero-order valence-corrected chi connectivity index (χ0v) is 10.9. The number of aliphatic carboxylic acids is 1. The number of hydrogen-bond acceptors (Lipinski definition) is 3. The molecule has 0 spiro atoms. The van der Waals surface area contributed by atoms with E-state index < -0.39 is 5.97 Å². The summed E-state index contributed by atoms with van der Waals surface area (Å²) in [5, 5.41) is 11.8. The molecule has 0 saturated heterocycles. The molecule has 1 rings (SSSR count). The lowest BCUT2D eigenvalue weighted by atomic mass is 10.0. The van der Waals surface area contributed by atoms with Crippen LogP contribution >= 0.6 is 0 Å². The van der Waals surface area contributed by atoms with Gasteiger partial charge in [-0.05, 0) is 25.1 Å². The van der Waals surface area contributed by atoms with Gasteiger partial charge in [0.1, 0.15) is 5.75 Å². The minimum Gasteiger partial charge on any atom is -0.496 e. The number of methoxy groups -OCH3 is 1. The Bertz CT molecular complexity index is 441. The van der Waals surface area contributed by atoms with E-state index in [1.165, 1.54) is 5.56 Å². The topological polar surface area (TPSA) is 58.6 Å². The van der Waals surface area contributed by atoms with E-state index in [0.717, 1.165) is 23.8 Å². The van der Waals surface area contributed by atoms with Gasteiger partial charge in [0, 0.05) is 11.6 Å². The number of nitrogens with one attached hydrogen (secondary N) is 1. The van der Waals surface area contributed by atoms with Crippen LogP contribution in [0, 0.1) is 0 Å². The Balaban J connectivity index is 3.13. The van der Waals surface area contributed by atoms with Crippen LogP contribution in [0.5, 0.6) is 5.75 Å². The highest BCUT2D eigenvalue weighted by Gasteiger charge is 2.12. The monoisotopic (exact) mass is 249 g/mol. The van der Waals surface area contributed by atoms with Gasteiger partial charge in [0.25, 0.3) is 0 Å². The Morgan fingerprint density at radius 1 is 1.56 bits per heavy atom. The molecule has 0 fully saturated rings. The molecular weight excluding hydrogens is 230 g/mol. The second kappa shape index (κ2) is 6.81. The molecule has 0 aliphatic carbocycles. The lowest BCUT2D eigenvalue weighted by molar-refractivity contribution is -0.131. The van der Waals surface area contributed by atoms with E-state index in [4.69, 9.17) is 9.84 Å². The predicted molar refractivity (Wildman–Crippen MR) is 70.9 cm³/mol. The van der Waals surface area contributed by atoms with Gasteiger partial charge in [-0.3, -0.25) is 0 Å². The number of aryl methyl sites for hydroxylation is 1. The number of likely N-dealkylation sites (N-methyl/N-ethyl adjacent to an activating group) is 1. The zero-order chi connectivity index (χ0) is 13.5. The van der Waals surface area contributed by atoms with Crippen LogP contribution in [0.25, 0.3) is 0 Å². The van der Waals surface area contributed by atoms with Crippen molar-refractivity contribution in [2.75, 3.05) is 14.2 Å². The molecule has 0 saturated carbocycles. The second-order valence-electron chi connectivity index (χ2n) is 3.89. The summed E-state index contributed by atoms with van der Waals surface area (Å²) < 4.78 is 5.31. The molecule has 1 aromatic rings. The van der Waals surface area contributed by atoms with Crippen molar-refractivity contribution in [3.8, 4) is 5.75 Å². The summed E-state index contributed by atoms with van der Waals surface area (Å²) in [6.07, 6.45) is 3.68. The largest absolute Gasteiger partial charge is 0.496 e. The molecule has 0 bridgehead atoms. The van der Waals surface area contributed by atoms with Crippen LogP contribution in [-0.4, -0.2) is 25.2 Å². The van der Waals surface area contributed by atoms with Gasteiger partial charge in [-0.2, -0.15) is 0 Å². The summed E-state index contributed by atoms with van der Waals surface area (Å²) in [7, 11) is 3.40. The molecule has 1 atom stereocenters. The van der Waals surface area contributed by atoms with E-state index in [2.05, 4.69) is 12.2 Å². The molecule has 2 N–H and O–H groups in total. The van der Waals surface area contributed by atoms with Crippen LogP contribution in [0.4, 0.5) is 0 Å². The van der Waals surface area contributed by atoms with Crippen LogP contribution in [0.3, 0.4) is 0 Å². The maximum absolute atomic E-state index is 10.6. The van der Waals surface area contributed by atoms with E-state index in [1.807, 2.05) is 18.2 Å². The van der Waals surface area contributed by atoms with Crippen molar-refractivity contribution in [2.24, 2.45) is 0 Å². The zero-order valence-electron chi connectivity index (χ0n) is 10.9. The minimum atomic E-state index is -0.958. The molecule has 0 aromatic heterocycles. The van der Waals surface area contributed by atoms with Crippen LogP contribution in [0.15, 0.2) is 30.4 Å². The molecular formula is C14H19NO3. The number of hydrogen-bond donors (Lipinski definition) is 2. The minimum absolute atomic E-state index is 0.178. The first-order chi connectivity index (χ1) is 8.62. The Morgan fingerprint density at radius 2 is 2.28 bits per heavy atom. The van der Waals surface area contributed by atoms with E-state index in [0.29, 0.717) is 0 Å². The molecule has 18 heavy (non-hydrogen) atoms. The lowest BCUT2D eigenvalue weighted by Gasteiger charge is -2.17. The molecule has 4 heteroatoms. The third kappa shape index (κ3) is 3.60. The van der Waals surface area contributed by atoms with Gasteiger partial charge in [-0.1, -0.05) is 25.1 Å². The van der Waals surface area contributed by atoms with Crippen molar-refractivity contribution < 1.29 is 14.6 Å². The van der Waals surface area contributed by atoms with Crippen LogP contribution in [-0.2, 0) is 11.2 Å². The number of ether oxygens (including phenoxy) is 1. The Labute approximate surface area is 107 Å². The van der Waals surface area contributed by atoms with Crippen molar-refractivity contribution in [3.63, 3.8) is 0 Å². The third-order valence-corrected chi connectivity index (χ3v) is 2.78. The first kappa shape index (κ1) is 14.3. The van der Waals surface area contributed by atoms with Gasteiger partial charge >= 0.3 is 5.97 Å². The molecule has 4 nitrogen and oxygen atoms in total. The van der Waals surface area contributed by atoms with Crippen LogP contribution < -0.4 is 10.1 Å². The van der Waals surface area contributed by atoms with Gasteiger partial charge in [-0.15, -0.1) is 0 Å². The molecule has 0 aliphatic rings. The number of rotatable bonds is 6.